The molecule has 2 aromatic rings. The van der Waals surface area contributed by atoms with E-state index in [2.05, 4.69) is 5.32 Å². The van der Waals surface area contributed by atoms with Crippen LogP contribution < -0.4 is 10.0 Å². The summed E-state index contributed by atoms with van der Waals surface area (Å²) in [7, 11) is -3.99. The van der Waals surface area contributed by atoms with Crippen molar-refractivity contribution in [1.29, 1.82) is 0 Å². The zero-order valence-corrected chi connectivity index (χ0v) is 13.4. The fourth-order valence-corrected chi connectivity index (χ4v) is 2.99. The molecule has 2 amide bonds. The molecule has 0 aliphatic heterocycles. The van der Waals surface area contributed by atoms with Crippen LogP contribution in [0.4, 0.5) is 0 Å². The molecule has 1 heterocycles. The molecule has 1 aromatic heterocycles. The molecule has 0 aliphatic rings. The summed E-state index contributed by atoms with van der Waals surface area (Å²) in [6.07, 6.45) is 1.14. The summed E-state index contributed by atoms with van der Waals surface area (Å²) in [4.78, 5) is 23.1. The molecule has 0 radical (unpaired) electrons. The van der Waals surface area contributed by atoms with Crippen LogP contribution in [0.2, 0.25) is 5.02 Å². The highest BCUT2D eigenvalue weighted by molar-refractivity contribution is 7.90. The number of hydrogen-bond acceptors (Lipinski definition) is 5. The lowest BCUT2D eigenvalue weighted by atomic mass is 10.4. The Morgan fingerprint density at radius 2 is 1.96 bits per heavy atom. The Morgan fingerprint density at radius 3 is 2.61 bits per heavy atom. The van der Waals surface area contributed by atoms with Crippen LogP contribution in [0.3, 0.4) is 0 Å². The molecule has 0 aliphatic carbocycles. The number of hydrogen-bond donors (Lipinski definition) is 2. The van der Waals surface area contributed by atoms with Gasteiger partial charge < -0.3 is 9.73 Å². The minimum atomic E-state index is -3.99. The molecule has 0 bridgehead atoms. The highest BCUT2D eigenvalue weighted by Gasteiger charge is 2.18. The molecule has 0 atom stereocenters. The minimum Gasteiger partial charge on any atom is -0.459 e. The lowest BCUT2D eigenvalue weighted by Crippen LogP contribution is -2.34. The normalized spacial score (nSPS) is 11.0. The first-order valence-electron chi connectivity index (χ1n) is 6.51. The van der Waals surface area contributed by atoms with Gasteiger partial charge in [0.15, 0.2) is 5.76 Å². The van der Waals surface area contributed by atoms with Crippen molar-refractivity contribution in [3.8, 4) is 0 Å². The molecular weight excluding hydrogens is 344 g/mol. The summed E-state index contributed by atoms with van der Waals surface area (Å²) in [6, 6.07) is 8.56. The average molecular weight is 357 g/mol. The highest BCUT2D eigenvalue weighted by atomic mass is 35.5. The predicted octanol–water partition coefficient (Wildman–Crippen LogP) is 1.56. The van der Waals surface area contributed by atoms with E-state index in [1.165, 1.54) is 36.6 Å². The number of nitrogens with one attached hydrogen (secondary N) is 2. The Hall–Kier alpha value is -2.32. The summed E-state index contributed by atoms with van der Waals surface area (Å²) in [5, 5.41) is 2.68. The molecule has 1 aromatic carbocycles. The van der Waals surface area contributed by atoms with Crippen LogP contribution in [0.1, 0.15) is 17.0 Å². The average Bonchev–Trinajstić information content (AvgIpc) is 3.01. The Labute approximate surface area is 137 Å². The van der Waals surface area contributed by atoms with Gasteiger partial charge in [-0.2, -0.15) is 0 Å². The van der Waals surface area contributed by atoms with E-state index in [1.54, 1.807) is 6.07 Å². The van der Waals surface area contributed by atoms with Crippen molar-refractivity contribution in [1.82, 2.24) is 10.0 Å². The van der Waals surface area contributed by atoms with Crippen LogP contribution in [0, 0.1) is 0 Å². The zero-order valence-electron chi connectivity index (χ0n) is 11.8. The van der Waals surface area contributed by atoms with Gasteiger partial charge in [0.25, 0.3) is 15.9 Å². The molecule has 2 N–H and O–H groups in total. The van der Waals surface area contributed by atoms with Crippen molar-refractivity contribution in [2.24, 2.45) is 0 Å². The van der Waals surface area contributed by atoms with Gasteiger partial charge in [0.1, 0.15) is 0 Å². The van der Waals surface area contributed by atoms with E-state index in [0.717, 1.165) is 0 Å². The monoisotopic (exact) mass is 356 g/mol. The Balaban J connectivity index is 1.86. The maximum absolute atomic E-state index is 12.0. The maximum Gasteiger partial charge on any atom is 0.286 e. The second kappa shape index (κ2) is 7.30. The molecule has 122 valence electrons. The van der Waals surface area contributed by atoms with Gasteiger partial charge in [-0.25, -0.2) is 13.1 Å². The summed E-state index contributed by atoms with van der Waals surface area (Å²) in [6.45, 7) is -0.0313. The number of rotatable bonds is 6. The van der Waals surface area contributed by atoms with Crippen molar-refractivity contribution in [3.63, 3.8) is 0 Å². The van der Waals surface area contributed by atoms with E-state index in [-0.39, 0.29) is 28.6 Å². The van der Waals surface area contributed by atoms with E-state index >= 15 is 0 Å². The van der Waals surface area contributed by atoms with Crippen LogP contribution in [-0.4, -0.2) is 26.8 Å². The van der Waals surface area contributed by atoms with Gasteiger partial charge in [-0.15, -0.1) is 0 Å². The van der Waals surface area contributed by atoms with Gasteiger partial charge in [0.05, 0.1) is 11.2 Å². The van der Waals surface area contributed by atoms with Crippen molar-refractivity contribution in [2.75, 3.05) is 6.54 Å². The molecule has 2 rings (SSSR count). The number of carbonyl (C=O) groups excluding carboxylic acids is 2. The smallest absolute Gasteiger partial charge is 0.286 e. The standard InChI is InChI=1S/C14H13ClN2O5S/c15-10-3-1-4-11(9-10)23(20,21)17-13(18)6-7-16-14(19)12-5-2-8-22-12/h1-5,8-9H,6-7H2,(H,16,19)(H,17,18). The summed E-state index contributed by atoms with van der Waals surface area (Å²) < 4.78 is 30.8. The Kier molecular flexibility index (Phi) is 5.41. The van der Waals surface area contributed by atoms with E-state index in [9.17, 15) is 18.0 Å². The number of benzene rings is 1. The molecule has 0 spiro atoms. The fraction of sp³-hybridized carbons (Fsp3) is 0.143. The quantitative estimate of drug-likeness (QED) is 0.817. The van der Waals surface area contributed by atoms with Gasteiger partial charge in [0.2, 0.25) is 5.91 Å². The fourth-order valence-electron chi connectivity index (χ4n) is 1.68. The second-order valence-corrected chi connectivity index (χ2v) is 6.59. The molecule has 9 heteroatoms. The number of carbonyl (C=O) groups is 2. The van der Waals surface area contributed by atoms with Crippen molar-refractivity contribution < 1.29 is 22.4 Å². The molecule has 0 saturated heterocycles. The van der Waals surface area contributed by atoms with Gasteiger partial charge >= 0.3 is 0 Å². The van der Waals surface area contributed by atoms with Crippen LogP contribution in [0.25, 0.3) is 0 Å². The van der Waals surface area contributed by atoms with Gasteiger partial charge in [-0.3, -0.25) is 9.59 Å². The van der Waals surface area contributed by atoms with E-state index < -0.39 is 21.8 Å². The zero-order chi connectivity index (χ0) is 16.9. The van der Waals surface area contributed by atoms with Crippen LogP contribution in [-0.2, 0) is 14.8 Å². The lowest BCUT2D eigenvalue weighted by molar-refractivity contribution is -0.119. The first kappa shape index (κ1) is 17.0. The maximum atomic E-state index is 12.0. The van der Waals surface area contributed by atoms with Crippen LogP contribution in [0.5, 0.6) is 0 Å². The largest absolute Gasteiger partial charge is 0.459 e. The molecule has 0 unspecified atom stereocenters. The summed E-state index contributed by atoms with van der Waals surface area (Å²) in [5.41, 5.74) is 0. The molecule has 0 saturated carbocycles. The van der Waals surface area contributed by atoms with E-state index in [4.69, 9.17) is 16.0 Å². The third-order valence-corrected chi connectivity index (χ3v) is 4.34. The number of furan rings is 1. The van der Waals surface area contributed by atoms with Gasteiger partial charge in [-0.1, -0.05) is 17.7 Å². The third kappa shape index (κ3) is 4.83. The van der Waals surface area contributed by atoms with Crippen molar-refractivity contribution >= 4 is 33.4 Å². The van der Waals surface area contributed by atoms with Crippen LogP contribution in [0.15, 0.2) is 52.0 Å². The second-order valence-electron chi connectivity index (χ2n) is 4.47. The molecule has 23 heavy (non-hydrogen) atoms. The summed E-state index contributed by atoms with van der Waals surface area (Å²) >= 11 is 5.72. The van der Waals surface area contributed by atoms with Crippen LogP contribution >= 0.6 is 11.6 Å². The Morgan fingerprint density at radius 1 is 1.17 bits per heavy atom. The SMILES string of the molecule is O=C(CCNC(=O)c1ccco1)NS(=O)(=O)c1cccc(Cl)c1. The van der Waals surface area contributed by atoms with E-state index in [0.29, 0.717) is 0 Å². The number of amides is 2. The first-order chi connectivity index (χ1) is 10.9. The predicted molar refractivity (Wildman–Crippen MR) is 82.4 cm³/mol. The molecule has 7 nitrogen and oxygen atoms in total. The lowest BCUT2D eigenvalue weighted by Gasteiger charge is -2.07. The Bertz CT molecular complexity index is 802. The van der Waals surface area contributed by atoms with Gasteiger partial charge in [-0.05, 0) is 30.3 Å². The van der Waals surface area contributed by atoms with Crippen molar-refractivity contribution in [3.05, 3.63) is 53.4 Å². The van der Waals surface area contributed by atoms with E-state index in [1.807, 2.05) is 4.72 Å². The highest BCUT2D eigenvalue weighted by Crippen LogP contribution is 2.15. The topological polar surface area (TPSA) is 105 Å². The number of halogens is 1. The molecular formula is C14H13ClN2O5S. The first-order valence-corrected chi connectivity index (χ1v) is 8.37. The minimum absolute atomic E-state index is 0.0313. The number of sulfonamides is 1. The van der Waals surface area contributed by atoms with Gasteiger partial charge in [0, 0.05) is 18.0 Å². The summed E-state index contributed by atoms with van der Waals surface area (Å²) in [5.74, 6) is -1.12. The molecule has 0 fully saturated rings. The third-order valence-electron chi connectivity index (χ3n) is 2.74. The van der Waals surface area contributed by atoms with Crippen molar-refractivity contribution in [2.45, 2.75) is 11.3 Å².